The normalized spacial score (nSPS) is 13.1. The lowest BCUT2D eigenvalue weighted by Gasteiger charge is -2.44. The van der Waals surface area contributed by atoms with Crippen LogP contribution < -0.4 is 26.2 Å². The minimum absolute atomic E-state index is 0.0326. The van der Waals surface area contributed by atoms with Gasteiger partial charge in [0.05, 0.1) is 5.69 Å². The second-order valence-electron chi connectivity index (χ2n) is 12.0. The number of benzene rings is 6. The first-order valence-corrected chi connectivity index (χ1v) is 15.7. The van der Waals surface area contributed by atoms with Crippen molar-refractivity contribution in [2.24, 2.45) is 0 Å². The van der Waals surface area contributed by atoms with Gasteiger partial charge in [0.2, 0.25) is 0 Å². The molecule has 4 heterocycles. The number of aromatic nitrogens is 1. The Morgan fingerprint density at radius 2 is 1.15 bits per heavy atom. The number of pyridine rings is 1. The van der Waals surface area contributed by atoms with E-state index < -0.39 is 0 Å². The van der Waals surface area contributed by atoms with Gasteiger partial charge in [0, 0.05) is 56.7 Å². The van der Waals surface area contributed by atoms with E-state index in [9.17, 15) is 0 Å². The Kier molecular flexibility index (Phi) is 5.34. The zero-order chi connectivity index (χ0) is 30.2. The van der Waals surface area contributed by atoms with E-state index in [4.69, 9.17) is 4.42 Å². The molecule has 2 aliphatic heterocycles. The molecule has 0 saturated heterocycles. The summed E-state index contributed by atoms with van der Waals surface area (Å²) in [6.45, 7) is 0.0326. The molecule has 46 heavy (non-hydrogen) atoms. The number of nitrogens with zero attached hydrogens (tertiary/aromatic N) is 3. The lowest BCUT2D eigenvalue weighted by Crippen LogP contribution is -2.61. The highest BCUT2D eigenvalue weighted by Gasteiger charge is 2.43. The van der Waals surface area contributed by atoms with Crippen LogP contribution >= 0.6 is 0 Å². The van der Waals surface area contributed by atoms with E-state index in [2.05, 4.69) is 148 Å². The van der Waals surface area contributed by atoms with Crippen LogP contribution in [0.25, 0.3) is 33.2 Å². The standard InChI is InChI=1S/C41H26BN3O/c1-3-13-27(14-4-1)44-35-21-8-7-19-32(35)42-33-26-39-31(29-17-11-18-30(41(29)46-39)34-20-9-10-24-43-34)25-38(33)45(28-15-5-2-6-16-28)37-23-12-22-36(44)40(37)42/h1-26H. The van der Waals surface area contributed by atoms with Gasteiger partial charge in [-0.3, -0.25) is 4.98 Å². The molecule has 5 heteroatoms. The lowest BCUT2D eigenvalue weighted by atomic mass is 9.33. The van der Waals surface area contributed by atoms with Gasteiger partial charge in [-0.1, -0.05) is 78.9 Å². The average molecular weight is 587 g/mol. The fraction of sp³-hybridized carbons (Fsp3) is 0. The average Bonchev–Trinajstić information content (AvgIpc) is 3.49. The molecule has 0 atom stereocenters. The summed E-state index contributed by atoms with van der Waals surface area (Å²) in [4.78, 5) is 9.50. The van der Waals surface area contributed by atoms with Crippen molar-refractivity contribution in [2.75, 3.05) is 9.80 Å². The zero-order valence-corrected chi connectivity index (χ0v) is 24.8. The predicted molar refractivity (Wildman–Crippen MR) is 191 cm³/mol. The second kappa shape index (κ2) is 9.72. The van der Waals surface area contributed by atoms with Crippen molar-refractivity contribution in [3.63, 3.8) is 0 Å². The van der Waals surface area contributed by atoms with Crippen LogP contribution in [0.15, 0.2) is 162 Å². The SMILES string of the molecule is c1ccc(N2c3ccccc3B3c4cc5oc6c(-c7ccccn7)cccc6c5cc4N(c4ccccc4)c4cccc2c43)cc1. The maximum Gasteiger partial charge on any atom is 0.252 e. The van der Waals surface area contributed by atoms with Gasteiger partial charge >= 0.3 is 0 Å². The molecule has 0 spiro atoms. The fourth-order valence-corrected chi connectivity index (χ4v) is 7.61. The van der Waals surface area contributed by atoms with Gasteiger partial charge in [-0.25, -0.2) is 0 Å². The van der Waals surface area contributed by atoms with Crippen LogP contribution in [0.3, 0.4) is 0 Å². The minimum Gasteiger partial charge on any atom is -0.455 e. The zero-order valence-electron chi connectivity index (χ0n) is 24.8. The van der Waals surface area contributed by atoms with Gasteiger partial charge in [0.25, 0.3) is 6.71 Å². The topological polar surface area (TPSA) is 32.5 Å². The van der Waals surface area contributed by atoms with Crippen LogP contribution in [0.1, 0.15) is 0 Å². The lowest BCUT2D eigenvalue weighted by molar-refractivity contribution is 0.670. The van der Waals surface area contributed by atoms with Crippen LogP contribution in [-0.2, 0) is 0 Å². The van der Waals surface area contributed by atoms with Gasteiger partial charge < -0.3 is 14.2 Å². The number of para-hydroxylation sites is 4. The highest BCUT2D eigenvalue weighted by molar-refractivity contribution is 7.00. The number of fused-ring (bicyclic) bond motifs is 7. The van der Waals surface area contributed by atoms with Gasteiger partial charge in [-0.05, 0) is 89.2 Å². The molecule has 0 saturated carbocycles. The van der Waals surface area contributed by atoms with Crippen LogP contribution in [0.2, 0.25) is 0 Å². The molecular formula is C41H26BN3O. The molecule has 0 radical (unpaired) electrons. The van der Waals surface area contributed by atoms with Crippen LogP contribution in [0, 0.1) is 0 Å². The first-order chi connectivity index (χ1) is 22.8. The first kappa shape index (κ1) is 25.3. The molecule has 4 nitrogen and oxygen atoms in total. The summed E-state index contributed by atoms with van der Waals surface area (Å²) < 4.78 is 6.78. The van der Waals surface area contributed by atoms with Crippen molar-refractivity contribution in [2.45, 2.75) is 0 Å². The molecule has 6 aromatic carbocycles. The summed E-state index contributed by atoms with van der Waals surface area (Å²) in [5, 5.41) is 2.19. The van der Waals surface area contributed by atoms with E-state index in [1.165, 1.54) is 39.1 Å². The van der Waals surface area contributed by atoms with Crippen molar-refractivity contribution < 1.29 is 4.42 Å². The van der Waals surface area contributed by atoms with Crippen molar-refractivity contribution >= 4 is 79.2 Å². The van der Waals surface area contributed by atoms with Crippen LogP contribution in [0.4, 0.5) is 34.1 Å². The summed E-state index contributed by atoms with van der Waals surface area (Å²) in [7, 11) is 0. The number of hydrogen-bond acceptors (Lipinski definition) is 4. The predicted octanol–water partition coefficient (Wildman–Crippen LogP) is 8.73. The van der Waals surface area contributed by atoms with Crippen molar-refractivity contribution in [1.29, 1.82) is 0 Å². The Labute approximate surface area is 266 Å². The Balaban J connectivity index is 1.30. The van der Waals surface area contributed by atoms with Crippen LogP contribution in [-0.4, -0.2) is 11.7 Å². The fourth-order valence-electron chi connectivity index (χ4n) is 7.61. The molecule has 2 aliphatic rings. The van der Waals surface area contributed by atoms with Gasteiger partial charge in [-0.15, -0.1) is 0 Å². The molecule has 0 unspecified atom stereocenters. The summed E-state index contributed by atoms with van der Waals surface area (Å²) >= 11 is 0. The van der Waals surface area contributed by atoms with E-state index in [0.717, 1.165) is 44.6 Å². The Hall–Kier alpha value is -6.07. The Bertz CT molecular complexity index is 2440. The van der Waals surface area contributed by atoms with E-state index in [1.54, 1.807) is 0 Å². The molecule has 0 fully saturated rings. The van der Waals surface area contributed by atoms with Gasteiger partial charge in [-0.2, -0.15) is 0 Å². The number of anilines is 6. The van der Waals surface area contributed by atoms with E-state index in [-0.39, 0.29) is 6.71 Å². The smallest absolute Gasteiger partial charge is 0.252 e. The summed E-state index contributed by atoms with van der Waals surface area (Å²) in [5.41, 5.74) is 14.5. The summed E-state index contributed by atoms with van der Waals surface area (Å²) in [5.74, 6) is 0. The van der Waals surface area contributed by atoms with Gasteiger partial charge in [0.15, 0.2) is 0 Å². The highest BCUT2D eigenvalue weighted by atomic mass is 16.3. The molecule has 0 N–H and O–H groups in total. The maximum atomic E-state index is 6.78. The van der Waals surface area contributed by atoms with Crippen LogP contribution in [0.5, 0.6) is 0 Å². The van der Waals surface area contributed by atoms with Crippen molar-refractivity contribution in [3.8, 4) is 11.3 Å². The highest BCUT2D eigenvalue weighted by Crippen LogP contribution is 2.45. The molecule has 10 rings (SSSR count). The third-order valence-electron chi connectivity index (χ3n) is 9.49. The monoisotopic (exact) mass is 587 g/mol. The number of hydrogen-bond donors (Lipinski definition) is 0. The first-order valence-electron chi connectivity index (χ1n) is 15.7. The third kappa shape index (κ3) is 3.54. The maximum absolute atomic E-state index is 6.78. The molecule has 2 aromatic heterocycles. The molecule has 8 aromatic rings. The minimum atomic E-state index is 0.0326. The quantitative estimate of drug-likeness (QED) is 0.194. The molecular weight excluding hydrogens is 561 g/mol. The van der Waals surface area contributed by atoms with Crippen molar-refractivity contribution in [1.82, 2.24) is 4.98 Å². The Morgan fingerprint density at radius 1 is 0.500 bits per heavy atom. The largest absolute Gasteiger partial charge is 0.455 e. The van der Waals surface area contributed by atoms with Crippen molar-refractivity contribution in [3.05, 3.63) is 158 Å². The number of rotatable bonds is 3. The Morgan fingerprint density at radius 3 is 1.89 bits per heavy atom. The summed E-state index contributed by atoms with van der Waals surface area (Å²) in [6.07, 6.45) is 1.83. The number of furan rings is 1. The molecule has 0 amide bonds. The third-order valence-corrected chi connectivity index (χ3v) is 9.49. The van der Waals surface area contributed by atoms with E-state index >= 15 is 0 Å². The summed E-state index contributed by atoms with van der Waals surface area (Å²) in [6, 6.07) is 54.0. The second-order valence-corrected chi connectivity index (χ2v) is 12.0. The molecule has 0 aliphatic carbocycles. The van der Waals surface area contributed by atoms with E-state index in [1.807, 2.05) is 24.4 Å². The molecule has 214 valence electrons. The van der Waals surface area contributed by atoms with E-state index in [0.29, 0.717) is 0 Å². The van der Waals surface area contributed by atoms with Gasteiger partial charge in [0.1, 0.15) is 11.2 Å². The molecule has 0 bridgehead atoms.